The number of hydrogen-bond donors (Lipinski definition) is 1. The van der Waals surface area contributed by atoms with Crippen LogP contribution in [0.4, 0.5) is 5.69 Å². The fraction of sp³-hybridized carbons (Fsp3) is 0.333. The van der Waals surface area contributed by atoms with Gasteiger partial charge in [-0.05, 0) is 86.3 Å². The van der Waals surface area contributed by atoms with Crippen molar-refractivity contribution in [2.45, 2.75) is 75.9 Å². The van der Waals surface area contributed by atoms with Crippen LogP contribution in [0.5, 0.6) is 5.75 Å². The second kappa shape index (κ2) is 16.9. The SMILES string of the molecule is CCOc1ccc(N(CC(=O)N(Cc2ccc(C)cc2)[C@H](Cc2ccccc2)C(=O)NC2CCCCC2)S(=O)(=O)c2ccc(Cl)cc2)cc1. The minimum atomic E-state index is -4.24. The van der Waals surface area contributed by atoms with Gasteiger partial charge in [-0.3, -0.25) is 13.9 Å². The predicted octanol–water partition coefficient (Wildman–Crippen LogP) is 7.33. The highest BCUT2D eigenvalue weighted by molar-refractivity contribution is 7.92. The lowest BCUT2D eigenvalue weighted by atomic mass is 9.94. The quantitative estimate of drug-likeness (QED) is 0.149. The van der Waals surface area contributed by atoms with Gasteiger partial charge in [0, 0.05) is 24.0 Å². The summed E-state index contributed by atoms with van der Waals surface area (Å²) in [4.78, 5) is 30.5. The van der Waals surface area contributed by atoms with Crippen molar-refractivity contribution in [3.05, 3.63) is 125 Å². The van der Waals surface area contributed by atoms with E-state index in [1.54, 1.807) is 24.3 Å². The van der Waals surface area contributed by atoms with Crippen LogP contribution in [0.25, 0.3) is 0 Å². The molecule has 0 saturated heterocycles. The molecule has 49 heavy (non-hydrogen) atoms. The largest absolute Gasteiger partial charge is 0.494 e. The standard InChI is InChI=1S/C39H44ClN3O5S/c1-3-48-35-22-20-34(21-23-35)43(49(46,47)36-24-18-32(40)19-25-36)28-38(44)42(27-31-16-14-29(2)15-17-31)37(26-30-10-6-4-7-11-30)39(45)41-33-12-8-5-9-13-33/h4,6-7,10-11,14-25,33,37H,3,5,8-9,12-13,26-28H2,1-2H3,(H,41,45)/t37-/m1/s1. The number of benzene rings is 4. The van der Waals surface area contributed by atoms with Crippen LogP contribution in [-0.2, 0) is 32.6 Å². The summed E-state index contributed by atoms with van der Waals surface area (Å²) in [5.74, 6) is -0.180. The Morgan fingerprint density at radius 1 is 0.857 bits per heavy atom. The van der Waals surface area contributed by atoms with Gasteiger partial charge in [0.05, 0.1) is 17.2 Å². The topological polar surface area (TPSA) is 96.0 Å². The van der Waals surface area contributed by atoms with Crippen LogP contribution in [-0.4, -0.2) is 50.4 Å². The van der Waals surface area contributed by atoms with E-state index in [9.17, 15) is 18.0 Å². The molecule has 1 saturated carbocycles. The zero-order valence-corrected chi connectivity index (χ0v) is 29.6. The van der Waals surface area contributed by atoms with Gasteiger partial charge in [0.25, 0.3) is 10.0 Å². The van der Waals surface area contributed by atoms with Gasteiger partial charge in [-0.15, -0.1) is 0 Å². The Labute approximate surface area is 295 Å². The van der Waals surface area contributed by atoms with Crippen molar-refractivity contribution < 1.29 is 22.7 Å². The van der Waals surface area contributed by atoms with Crippen LogP contribution in [0.15, 0.2) is 108 Å². The lowest BCUT2D eigenvalue weighted by Gasteiger charge is -2.35. The van der Waals surface area contributed by atoms with E-state index in [0.717, 1.165) is 53.1 Å². The number of aryl methyl sites for hydroxylation is 1. The van der Waals surface area contributed by atoms with E-state index in [1.807, 2.05) is 68.4 Å². The molecule has 258 valence electrons. The molecule has 10 heteroatoms. The molecule has 4 aromatic rings. The number of halogens is 1. The summed E-state index contributed by atoms with van der Waals surface area (Å²) >= 11 is 6.10. The van der Waals surface area contributed by atoms with Gasteiger partial charge in [-0.2, -0.15) is 0 Å². The Hall–Kier alpha value is -4.34. The zero-order valence-electron chi connectivity index (χ0n) is 28.1. The summed E-state index contributed by atoms with van der Waals surface area (Å²) in [7, 11) is -4.24. The molecule has 1 fully saturated rings. The summed E-state index contributed by atoms with van der Waals surface area (Å²) in [5, 5.41) is 3.63. The van der Waals surface area contributed by atoms with E-state index in [0.29, 0.717) is 17.4 Å². The van der Waals surface area contributed by atoms with E-state index in [2.05, 4.69) is 5.32 Å². The number of ether oxygens (including phenoxy) is 1. The van der Waals surface area contributed by atoms with Crippen LogP contribution < -0.4 is 14.4 Å². The summed E-state index contributed by atoms with van der Waals surface area (Å²) < 4.78 is 35.2. The molecule has 2 amide bonds. The van der Waals surface area contributed by atoms with Gasteiger partial charge >= 0.3 is 0 Å². The number of hydrogen-bond acceptors (Lipinski definition) is 5. The summed E-state index contributed by atoms with van der Waals surface area (Å²) in [5.41, 5.74) is 3.07. The van der Waals surface area contributed by atoms with E-state index in [4.69, 9.17) is 16.3 Å². The molecular weight excluding hydrogens is 658 g/mol. The number of nitrogens with one attached hydrogen (secondary N) is 1. The van der Waals surface area contributed by atoms with Gasteiger partial charge in [0.1, 0.15) is 18.3 Å². The molecule has 0 heterocycles. The molecule has 0 bridgehead atoms. The predicted molar refractivity (Wildman–Crippen MR) is 194 cm³/mol. The molecule has 8 nitrogen and oxygen atoms in total. The maximum atomic E-state index is 14.7. The molecule has 1 aliphatic carbocycles. The van der Waals surface area contributed by atoms with Gasteiger partial charge in [0.2, 0.25) is 11.8 Å². The first kappa shape index (κ1) is 36.0. The average molecular weight is 702 g/mol. The molecule has 5 rings (SSSR count). The van der Waals surface area contributed by atoms with E-state index >= 15 is 0 Å². The first-order valence-corrected chi connectivity index (χ1v) is 18.7. The van der Waals surface area contributed by atoms with Crippen LogP contribution in [0.2, 0.25) is 5.02 Å². The molecule has 0 unspecified atom stereocenters. The van der Waals surface area contributed by atoms with Gasteiger partial charge in [-0.1, -0.05) is 91.0 Å². The van der Waals surface area contributed by atoms with Gasteiger partial charge < -0.3 is 15.0 Å². The Kier molecular flexibility index (Phi) is 12.4. The second-order valence-corrected chi connectivity index (χ2v) is 14.7. The third-order valence-electron chi connectivity index (χ3n) is 8.81. The fourth-order valence-electron chi connectivity index (χ4n) is 6.13. The van der Waals surface area contributed by atoms with Crippen LogP contribution in [0.1, 0.15) is 55.7 Å². The Morgan fingerprint density at radius 3 is 2.14 bits per heavy atom. The van der Waals surface area contributed by atoms with E-state index in [-0.39, 0.29) is 35.5 Å². The molecular formula is C39H44ClN3O5S. The normalized spacial score (nSPS) is 14.1. The summed E-state index contributed by atoms with van der Waals surface area (Å²) in [6, 6.07) is 29.0. The van der Waals surface area contributed by atoms with Crippen molar-refractivity contribution in [2.75, 3.05) is 17.5 Å². The minimum absolute atomic E-state index is 0.0143. The number of carbonyl (C=O) groups excluding carboxylic acids is 2. The van der Waals surface area contributed by atoms with Crippen LogP contribution in [0, 0.1) is 6.92 Å². The van der Waals surface area contributed by atoms with Crippen molar-refractivity contribution in [3.63, 3.8) is 0 Å². The van der Waals surface area contributed by atoms with Crippen LogP contribution in [0.3, 0.4) is 0 Å². The minimum Gasteiger partial charge on any atom is -0.494 e. The van der Waals surface area contributed by atoms with Crippen molar-refractivity contribution in [1.29, 1.82) is 0 Å². The molecule has 0 spiro atoms. The summed E-state index contributed by atoms with van der Waals surface area (Å²) in [6.07, 6.45) is 5.27. The Bertz CT molecular complexity index is 1780. The zero-order chi connectivity index (χ0) is 34.8. The fourth-order valence-corrected chi connectivity index (χ4v) is 7.67. The van der Waals surface area contributed by atoms with Crippen LogP contribution >= 0.6 is 11.6 Å². The number of rotatable bonds is 14. The molecule has 0 aromatic heterocycles. The number of amides is 2. The highest BCUT2D eigenvalue weighted by Crippen LogP contribution is 2.28. The van der Waals surface area contributed by atoms with Gasteiger partial charge in [0.15, 0.2) is 0 Å². The third-order valence-corrected chi connectivity index (χ3v) is 10.9. The maximum absolute atomic E-state index is 14.7. The van der Waals surface area contributed by atoms with Crippen molar-refractivity contribution in [3.8, 4) is 5.75 Å². The maximum Gasteiger partial charge on any atom is 0.264 e. The molecule has 4 aromatic carbocycles. The molecule has 1 N–H and O–H groups in total. The Balaban J connectivity index is 1.56. The number of nitrogens with zero attached hydrogens (tertiary/aromatic N) is 2. The first-order chi connectivity index (χ1) is 23.6. The average Bonchev–Trinajstić information content (AvgIpc) is 3.11. The third kappa shape index (κ3) is 9.64. The van der Waals surface area contributed by atoms with Crippen molar-refractivity contribution in [2.24, 2.45) is 0 Å². The number of carbonyl (C=O) groups is 2. The Morgan fingerprint density at radius 2 is 1.51 bits per heavy atom. The first-order valence-electron chi connectivity index (χ1n) is 16.8. The van der Waals surface area contributed by atoms with E-state index in [1.165, 1.54) is 29.2 Å². The molecule has 1 atom stereocenters. The lowest BCUT2D eigenvalue weighted by Crippen LogP contribution is -2.55. The smallest absolute Gasteiger partial charge is 0.264 e. The monoisotopic (exact) mass is 701 g/mol. The summed E-state index contributed by atoms with van der Waals surface area (Å²) in [6.45, 7) is 3.88. The lowest BCUT2D eigenvalue weighted by molar-refractivity contribution is -0.140. The number of sulfonamides is 1. The molecule has 0 aliphatic heterocycles. The molecule has 0 radical (unpaired) electrons. The number of anilines is 1. The van der Waals surface area contributed by atoms with Gasteiger partial charge in [-0.25, -0.2) is 8.42 Å². The highest BCUT2D eigenvalue weighted by Gasteiger charge is 2.35. The van der Waals surface area contributed by atoms with E-state index < -0.39 is 28.5 Å². The second-order valence-electron chi connectivity index (χ2n) is 12.4. The van der Waals surface area contributed by atoms with Crippen molar-refractivity contribution in [1.82, 2.24) is 10.2 Å². The molecule has 1 aliphatic rings. The van der Waals surface area contributed by atoms with Crippen molar-refractivity contribution >= 4 is 39.1 Å². The highest BCUT2D eigenvalue weighted by atomic mass is 35.5.